The number of aryl methyl sites for hydroxylation is 1. The van der Waals surface area contributed by atoms with Gasteiger partial charge in [0.05, 0.1) is 11.4 Å². The predicted octanol–water partition coefficient (Wildman–Crippen LogP) is 3.31. The summed E-state index contributed by atoms with van der Waals surface area (Å²) in [6, 6.07) is 4.00. The maximum Gasteiger partial charge on any atom is 0.134 e. The number of aromatic nitrogens is 4. The molecule has 2 aromatic heterocycles. The molecule has 0 radical (unpaired) electrons. The Hall–Kier alpha value is -1.91. The second-order valence-electron chi connectivity index (χ2n) is 5.11. The molecule has 108 valence electrons. The monoisotopic (exact) mass is 273 g/mol. The molecular weight excluding hydrogens is 250 g/mol. The first-order chi connectivity index (χ1) is 9.65. The second-order valence-corrected chi connectivity index (χ2v) is 5.11. The lowest BCUT2D eigenvalue weighted by molar-refractivity contribution is 0.664. The minimum atomic E-state index is 0.301. The summed E-state index contributed by atoms with van der Waals surface area (Å²) >= 11 is 0. The summed E-state index contributed by atoms with van der Waals surface area (Å²) in [5, 5.41) is 7.66. The van der Waals surface area contributed by atoms with Crippen LogP contribution in [0.15, 0.2) is 18.3 Å². The van der Waals surface area contributed by atoms with E-state index in [0.717, 1.165) is 42.5 Å². The predicted molar refractivity (Wildman–Crippen MR) is 81.8 cm³/mol. The van der Waals surface area contributed by atoms with Gasteiger partial charge in [-0.15, -0.1) is 0 Å². The lowest BCUT2D eigenvalue weighted by atomic mass is 10.2. The average molecular weight is 273 g/mol. The van der Waals surface area contributed by atoms with Crippen LogP contribution in [0.5, 0.6) is 0 Å². The van der Waals surface area contributed by atoms with Gasteiger partial charge in [-0.1, -0.05) is 20.8 Å². The van der Waals surface area contributed by atoms with Gasteiger partial charge in [0.15, 0.2) is 0 Å². The van der Waals surface area contributed by atoms with Gasteiger partial charge in [-0.2, -0.15) is 5.10 Å². The van der Waals surface area contributed by atoms with E-state index in [9.17, 15) is 0 Å². The Morgan fingerprint density at radius 1 is 1.25 bits per heavy atom. The summed E-state index contributed by atoms with van der Waals surface area (Å²) in [6.07, 6.45) is 2.89. The molecule has 0 saturated heterocycles. The van der Waals surface area contributed by atoms with E-state index in [1.807, 2.05) is 23.0 Å². The van der Waals surface area contributed by atoms with Crippen LogP contribution in [-0.2, 0) is 6.54 Å². The van der Waals surface area contributed by atoms with Crippen LogP contribution in [0, 0.1) is 0 Å². The van der Waals surface area contributed by atoms with Gasteiger partial charge in [0.2, 0.25) is 0 Å². The summed E-state index contributed by atoms with van der Waals surface area (Å²) in [5.41, 5.74) is 1.97. The van der Waals surface area contributed by atoms with E-state index in [-0.39, 0.29) is 0 Å². The highest BCUT2D eigenvalue weighted by molar-refractivity contribution is 5.59. The third kappa shape index (κ3) is 3.15. The summed E-state index contributed by atoms with van der Waals surface area (Å²) in [4.78, 5) is 9.26. The van der Waals surface area contributed by atoms with Gasteiger partial charge >= 0.3 is 0 Å². The summed E-state index contributed by atoms with van der Waals surface area (Å²) in [7, 11) is 0. The SMILES string of the molecule is CCCNc1cc(-c2ccnn2CC)nc(C(C)C)n1. The van der Waals surface area contributed by atoms with Crippen molar-refractivity contribution in [2.75, 3.05) is 11.9 Å². The molecule has 0 aliphatic heterocycles. The quantitative estimate of drug-likeness (QED) is 0.877. The lowest BCUT2D eigenvalue weighted by Gasteiger charge is -2.12. The molecule has 0 bridgehead atoms. The van der Waals surface area contributed by atoms with Crippen LogP contribution < -0.4 is 5.32 Å². The van der Waals surface area contributed by atoms with Gasteiger partial charge in [0, 0.05) is 31.3 Å². The number of rotatable bonds is 6. The zero-order chi connectivity index (χ0) is 14.5. The van der Waals surface area contributed by atoms with E-state index in [2.05, 4.69) is 48.1 Å². The van der Waals surface area contributed by atoms with Gasteiger partial charge in [-0.25, -0.2) is 9.97 Å². The van der Waals surface area contributed by atoms with Gasteiger partial charge in [0.25, 0.3) is 0 Å². The van der Waals surface area contributed by atoms with Crippen molar-refractivity contribution >= 4 is 5.82 Å². The Kier molecular flexibility index (Phi) is 4.71. The molecule has 1 N–H and O–H groups in total. The molecule has 2 rings (SSSR count). The van der Waals surface area contributed by atoms with Crippen LogP contribution in [-0.4, -0.2) is 26.3 Å². The molecule has 2 heterocycles. The Labute approximate surface area is 120 Å². The number of nitrogens with one attached hydrogen (secondary N) is 1. The zero-order valence-corrected chi connectivity index (χ0v) is 12.7. The smallest absolute Gasteiger partial charge is 0.134 e. The molecule has 0 unspecified atom stereocenters. The fourth-order valence-corrected chi connectivity index (χ4v) is 2.00. The van der Waals surface area contributed by atoms with E-state index in [0.29, 0.717) is 5.92 Å². The van der Waals surface area contributed by atoms with Gasteiger partial charge in [0.1, 0.15) is 11.6 Å². The molecular formula is C15H23N5. The highest BCUT2D eigenvalue weighted by Crippen LogP contribution is 2.22. The van der Waals surface area contributed by atoms with E-state index in [1.165, 1.54) is 0 Å². The van der Waals surface area contributed by atoms with Gasteiger partial charge < -0.3 is 5.32 Å². The molecule has 5 heteroatoms. The fourth-order valence-electron chi connectivity index (χ4n) is 2.00. The molecule has 0 aliphatic rings. The van der Waals surface area contributed by atoms with Crippen molar-refractivity contribution in [1.29, 1.82) is 0 Å². The average Bonchev–Trinajstić information content (AvgIpc) is 2.93. The van der Waals surface area contributed by atoms with Crippen LogP contribution in [0.2, 0.25) is 0 Å². The van der Waals surface area contributed by atoms with Crippen LogP contribution >= 0.6 is 0 Å². The third-order valence-corrected chi connectivity index (χ3v) is 3.09. The topological polar surface area (TPSA) is 55.6 Å². The summed E-state index contributed by atoms with van der Waals surface area (Å²) < 4.78 is 1.95. The first-order valence-electron chi connectivity index (χ1n) is 7.30. The van der Waals surface area contributed by atoms with E-state index < -0.39 is 0 Å². The molecule has 0 aromatic carbocycles. The molecule has 0 fully saturated rings. The number of hydrogen-bond donors (Lipinski definition) is 1. The Bertz CT molecular complexity index is 559. The molecule has 5 nitrogen and oxygen atoms in total. The molecule has 20 heavy (non-hydrogen) atoms. The molecule has 2 aromatic rings. The number of anilines is 1. The molecule has 0 amide bonds. The van der Waals surface area contributed by atoms with Crippen LogP contribution in [0.25, 0.3) is 11.4 Å². The van der Waals surface area contributed by atoms with Crippen molar-refractivity contribution in [3.05, 3.63) is 24.2 Å². The van der Waals surface area contributed by atoms with Crippen LogP contribution in [0.1, 0.15) is 45.9 Å². The highest BCUT2D eigenvalue weighted by atomic mass is 15.3. The van der Waals surface area contributed by atoms with Gasteiger partial charge in [-0.3, -0.25) is 4.68 Å². The minimum absolute atomic E-state index is 0.301. The van der Waals surface area contributed by atoms with Crippen LogP contribution in [0.3, 0.4) is 0 Å². The number of nitrogens with zero attached hydrogens (tertiary/aromatic N) is 4. The van der Waals surface area contributed by atoms with Crippen molar-refractivity contribution in [2.24, 2.45) is 0 Å². The van der Waals surface area contributed by atoms with Crippen molar-refractivity contribution in [3.8, 4) is 11.4 Å². The van der Waals surface area contributed by atoms with E-state index in [1.54, 1.807) is 0 Å². The zero-order valence-electron chi connectivity index (χ0n) is 12.7. The molecule has 0 saturated carbocycles. The maximum atomic E-state index is 4.68. The second kappa shape index (κ2) is 6.50. The molecule has 0 aliphatic carbocycles. The lowest BCUT2D eigenvalue weighted by Crippen LogP contribution is -2.08. The Balaban J connectivity index is 2.43. The summed E-state index contributed by atoms with van der Waals surface area (Å²) in [5.74, 6) is 2.06. The Morgan fingerprint density at radius 3 is 2.70 bits per heavy atom. The number of hydrogen-bond acceptors (Lipinski definition) is 4. The first kappa shape index (κ1) is 14.5. The normalized spacial score (nSPS) is 11.1. The molecule has 0 atom stereocenters. The van der Waals surface area contributed by atoms with Crippen molar-refractivity contribution in [2.45, 2.75) is 46.6 Å². The maximum absolute atomic E-state index is 4.68. The fraction of sp³-hybridized carbons (Fsp3) is 0.533. The van der Waals surface area contributed by atoms with Gasteiger partial charge in [-0.05, 0) is 19.4 Å². The standard InChI is InChI=1S/C15H23N5/c1-5-8-16-14-10-12(18-15(19-14)11(3)4)13-7-9-17-20(13)6-2/h7,9-11H,5-6,8H2,1-4H3,(H,16,18,19). The van der Waals surface area contributed by atoms with E-state index >= 15 is 0 Å². The largest absolute Gasteiger partial charge is 0.370 e. The van der Waals surface area contributed by atoms with Crippen molar-refractivity contribution in [1.82, 2.24) is 19.7 Å². The Morgan fingerprint density at radius 2 is 2.05 bits per heavy atom. The third-order valence-electron chi connectivity index (χ3n) is 3.09. The van der Waals surface area contributed by atoms with Crippen molar-refractivity contribution < 1.29 is 0 Å². The minimum Gasteiger partial charge on any atom is -0.370 e. The van der Waals surface area contributed by atoms with Crippen molar-refractivity contribution in [3.63, 3.8) is 0 Å². The first-order valence-corrected chi connectivity index (χ1v) is 7.30. The molecule has 0 spiro atoms. The van der Waals surface area contributed by atoms with E-state index in [4.69, 9.17) is 0 Å². The highest BCUT2D eigenvalue weighted by Gasteiger charge is 2.12. The summed E-state index contributed by atoms with van der Waals surface area (Å²) in [6.45, 7) is 10.2. The van der Waals surface area contributed by atoms with Crippen LogP contribution in [0.4, 0.5) is 5.82 Å².